The summed E-state index contributed by atoms with van der Waals surface area (Å²) in [6.07, 6.45) is -0.0372. The smallest absolute Gasteiger partial charge is 0.317 e. The third-order valence-corrected chi connectivity index (χ3v) is 3.03. The van der Waals surface area contributed by atoms with Gasteiger partial charge in [0.05, 0.1) is 6.42 Å². The van der Waals surface area contributed by atoms with Crippen LogP contribution in [-0.4, -0.2) is 66.2 Å². The molecule has 0 radical (unpaired) electrons. The van der Waals surface area contributed by atoms with Crippen molar-refractivity contribution in [1.82, 2.24) is 15.1 Å². The molecule has 0 aliphatic carbocycles. The number of carbonyl (C=O) groups is 2. The normalized spacial score (nSPS) is 14.1. The van der Waals surface area contributed by atoms with Crippen molar-refractivity contribution in [1.29, 1.82) is 0 Å². The number of carboxylic acids is 1. The minimum Gasteiger partial charge on any atom is -0.481 e. The number of hydrogen-bond acceptors (Lipinski definition) is 3. The van der Waals surface area contributed by atoms with Gasteiger partial charge in [-0.25, -0.2) is 4.79 Å². The minimum absolute atomic E-state index is 0.0372. The van der Waals surface area contributed by atoms with Crippen LogP contribution in [0.25, 0.3) is 0 Å². The zero-order valence-electron chi connectivity index (χ0n) is 11.9. The predicted octanol–water partition coefficient (Wildman–Crippen LogP) is 0.831. The summed E-state index contributed by atoms with van der Waals surface area (Å²) in [6.45, 7) is 6.63. The first kappa shape index (κ1) is 16.7. The second kappa shape index (κ2) is 7.92. The van der Waals surface area contributed by atoms with Crippen LogP contribution in [0.5, 0.6) is 0 Å². The van der Waals surface area contributed by atoms with Crippen molar-refractivity contribution in [3.05, 3.63) is 0 Å². The highest BCUT2D eigenvalue weighted by Gasteiger charge is 2.20. The van der Waals surface area contributed by atoms with Crippen LogP contribution in [0.2, 0.25) is 0 Å². The molecule has 0 aromatic heterocycles. The molecule has 2 amide bonds. The highest BCUT2D eigenvalue weighted by molar-refractivity contribution is 5.75. The second-order valence-corrected chi connectivity index (χ2v) is 4.73. The Morgan fingerprint density at radius 3 is 2.17 bits per heavy atom. The molecule has 0 aromatic carbocycles. The van der Waals surface area contributed by atoms with E-state index in [0.29, 0.717) is 13.1 Å². The zero-order valence-corrected chi connectivity index (χ0v) is 11.9. The molecule has 0 saturated heterocycles. The third-order valence-electron chi connectivity index (χ3n) is 3.03. The number of urea groups is 1. The molecule has 0 saturated carbocycles. The van der Waals surface area contributed by atoms with Crippen LogP contribution in [-0.2, 0) is 4.79 Å². The van der Waals surface area contributed by atoms with E-state index < -0.39 is 5.97 Å². The molecule has 2 unspecified atom stereocenters. The first-order valence-electron chi connectivity index (χ1n) is 6.22. The largest absolute Gasteiger partial charge is 0.481 e. The van der Waals surface area contributed by atoms with E-state index in [0.717, 1.165) is 0 Å². The number of nitrogens with one attached hydrogen (secondary N) is 1. The topological polar surface area (TPSA) is 72.9 Å². The van der Waals surface area contributed by atoms with Crippen molar-refractivity contribution in [2.75, 3.05) is 27.2 Å². The summed E-state index contributed by atoms with van der Waals surface area (Å²) >= 11 is 0. The van der Waals surface area contributed by atoms with Crippen molar-refractivity contribution in [2.24, 2.45) is 0 Å². The van der Waals surface area contributed by atoms with Crippen LogP contribution in [0.1, 0.15) is 27.2 Å². The molecule has 0 spiro atoms. The van der Waals surface area contributed by atoms with Gasteiger partial charge in [-0.1, -0.05) is 0 Å². The van der Waals surface area contributed by atoms with E-state index in [2.05, 4.69) is 5.32 Å². The van der Waals surface area contributed by atoms with Crippen molar-refractivity contribution >= 4 is 12.0 Å². The number of carbonyl (C=O) groups excluding carboxylic acids is 1. The number of hydrogen-bond donors (Lipinski definition) is 2. The van der Waals surface area contributed by atoms with Gasteiger partial charge in [-0.15, -0.1) is 0 Å². The fraction of sp³-hybridized carbons (Fsp3) is 0.833. The Bertz CT molecular complexity index is 282. The Morgan fingerprint density at radius 2 is 1.78 bits per heavy atom. The van der Waals surface area contributed by atoms with Gasteiger partial charge in [0.2, 0.25) is 0 Å². The first-order chi connectivity index (χ1) is 8.29. The number of aliphatic carboxylic acids is 1. The van der Waals surface area contributed by atoms with Crippen molar-refractivity contribution in [3.8, 4) is 0 Å². The summed E-state index contributed by atoms with van der Waals surface area (Å²) in [5, 5.41) is 11.6. The number of likely N-dealkylation sites (N-methyl/N-ethyl adjacent to an activating group) is 1. The highest BCUT2D eigenvalue weighted by Crippen LogP contribution is 2.04. The van der Waals surface area contributed by atoms with Gasteiger partial charge in [0.1, 0.15) is 0 Å². The SMILES string of the molecule is CCN(C(=O)NCC(C)N(C)C)C(C)CC(=O)O. The maximum absolute atomic E-state index is 11.9. The lowest BCUT2D eigenvalue weighted by Crippen LogP contribution is -2.48. The van der Waals surface area contributed by atoms with E-state index in [1.807, 2.05) is 32.8 Å². The van der Waals surface area contributed by atoms with Gasteiger partial charge < -0.3 is 20.2 Å². The van der Waals surface area contributed by atoms with Gasteiger partial charge in [0.15, 0.2) is 0 Å². The molecule has 0 fully saturated rings. The van der Waals surface area contributed by atoms with Crippen LogP contribution in [0.3, 0.4) is 0 Å². The Morgan fingerprint density at radius 1 is 1.22 bits per heavy atom. The quantitative estimate of drug-likeness (QED) is 0.710. The Balaban J connectivity index is 4.30. The van der Waals surface area contributed by atoms with E-state index in [9.17, 15) is 9.59 Å². The summed E-state index contributed by atoms with van der Waals surface area (Å²) in [7, 11) is 3.89. The van der Waals surface area contributed by atoms with Crippen LogP contribution in [0, 0.1) is 0 Å². The lowest BCUT2D eigenvalue weighted by Gasteiger charge is -2.28. The standard InChI is InChI=1S/C12H25N3O3/c1-6-15(9(2)7-11(16)17)12(18)13-8-10(3)14(4)5/h9-10H,6-8H2,1-5H3,(H,13,18)(H,16,17). The summed E-state index contributed by atoms with van der Waals surface area (Å²) in [4.78, 5) is 26.1. The molecule has 6 nitrogen and oxygen atoms in total. The van der Waals surface area contributed by atoms with E-state index in [4.69, 9.17) is 5.11 Å². The maximum atomic E-state index is 11.9. The Labute approximate surface area is 109 Å². The molecule has 18 heavy (non-hydrogen) atoms. The first-order valence-corrected chi connectivity index (χ1v) is 6.22. The van der Waals surface area contributed by atoms with E-state index in [1.165, 1.54) is 4.90 Å². The molecule has 0 rings (SSSR count). The lowest BCUT2D eigenvalue weighted by atomic mass is 10.2. The van der Waals surface area contributed by atoms with Crippen LogP contribution in [0.4, 0.5) is 4.79 Å². The zero-order chi connectivity index (χ0) is 14.3. The number of nitrogens with zero attached hydrogens (tertiary/aromatic N) is 2. The molecular weight excluding hydrogens is 234 g/mol. The van der Waals surface area contributed by atoms with Crippen LogP contribution < -0.4 is 5.32 Å². The van der Waals surface area contributed by atoms with Crippen LogP contribution >= 0.6 is 0 Å². The Kier molecular flexibility index (Phi) is 7.35. The summed E-state index contributed by atoms with van der Waals surface area (Å²) < 4.78 is 0. The molecule has 0 aliphatic heterocycles. The highest BCUT2D eigenvalue weighted by atomic mass is 16.4. The molecule has 2 atom stereocenters. The average molecular weight is 259 g/mol. The molecule has 2 N–H and O–H groups in total. The monoisotopic (exact) mass is 259 g/mol. The van der Waals surface area contributed by atoms with Gasteiger partial charge in [0.25, 0.3) is 0 Å². The molecule has 106 valence electrons. The fourth-order valence-electron chi connectivity index (χ4n) is 1.54. The Hall–Kier alpha value is -1.30. The van der Waals surface area contributed by atoms with Crippen molar-refractivity contribution in [2.45, 2.75) is 39.3 Å². The molecule has 0 heterocycles. The van der Waals surface area contributed by atoms with E-state index in [-0.39, 0.29) is 24.5 Å². The molecule has 0 aliphatic rings. The third kappa shape index (κ3) is 5.86. The molecule has 6 heteroatoms. The van der Waals surface area contributed by atoms with Gasteiger partial charge in [-0.3, -0.25) is 4.79 Å². The number of rotatable bonds is 7. The number of carboxylic acid groups (broad SMARTS) is 1. The van der Waals surface area contributed by atoms with Crippen molar-refractivity contribution in [3.63, 3.8) is 0 Å². The summed E-state index contributed by atoms with van der Waals surface area (Å²) in [6, 6.07) is -0.274. The second-order valence-electron chi connectivity index (χ2n) is 4.73. The maximum Gasteiger partial charge on any atom is 0.317 e. The van der Waals surface area contributed by atoms with Gasteiger partial charge >= 0.3 is 12.0 Å². The molecular formula is C12H25N3O3. The predicted molar refractivity (Wildman–Crippen MR) is 70.6 cm³/mol. The van der Waals surface area contributed by atoms with E-state index in [1.54, 1.807) is 6.92 Å². The van der Waals surface area contributed by atoms with Gasteiger partial charge in [-0.2, -0.15) is 0 Å². The van der Waals surface area contributed by atoms with Crippen molar-refractivity contribution < 1.29 is 14.7 Å². The van der Waals surface area contributed by atoms with E-state index >= 15 is 0 Å². The summed E-state index contributed by atoms with van der Waals surface area (Å²) in [5.41, 5.74) is 0. The van der Waals surface area contributed by atoms with Crippen LogP contribution in [0.15, 0.2) is 0 Å². The number of amides is 2. The molecule has 0 bridgehead atoms. The summed E-state index contributed by atoms with van der Waals surface area (Å²) in [5.74, 6) is -0.893. The average Bonchev–Trinajstić information content (AvgIpc) is 2.25. The van der Waals surface area contributed by atoms with Gasteiger partial charge in [0, 0.05) is 25.2 Å². The minimum atomic E-state index is -0.893. The van der Waals surface area contributed by atoms with Gasteiger partial charge in [-0.05, 0) is 34.9 Å². The fourth-order valence-corrected chi connectivity index (χ4v) is 1.54. The lowest BCUT2D eigenvalue weighted by molar-refractivity contribution is -0.138. The molecule has 0 aromatic rings.